The Morgan fingerprint density at radius 3 is 2.00 bits per heavy atom. The van der Waals surface area contributed by atoms with E-state index in [1.807, 2.05) is 91.1 Å². The van der Waals surface area contributed by atoms with Crippen molar-refractivity contribution in [3.63, 3.8) is 0 Å². The summed E-state index contributed by atoms with van der Waals surface area (Å²) in [7, 11) is -2.99. The van der Waals surface area contributed by atoms with Gasteiger partial charge in [-0.05, 0) is 86.5 Å². The maximum atomic E-state index is 16.7. The molecule has 9 aromatic rings. The van der Waals surface area contributed by atoms with Crippen LogP contribution in [0.2, 0.25) is 0 Å². The molecule has 0 bridgehead atoms. The molecule has 6 aromatic carbocycles. The maximum Gasteiger partial charge on any atom is 0.186 e. The van der Waals surface area contributed by atoms with Crippen molar-refractivity contribution in [3.8, 4) is 11.3 Å². The van der Waals surface area contributed by atoms with Gasteiger partial charge in [0.05, 0.1) is 5.69 Å². The van der Waals surface area contributed by atoms with E-state index in [4.69, 9.17) is 9.40 Å². The molecule has 10 rings (SSSR count). The molecule has 53 heavy (non-hydrogen) atoms. The minimum atomic E-state index is -2.99. The summed E-state index contributed by atoms with van der Waals surface area (Å²) in [4.78, 5) is 11.9. The van der Waals surface area contributed by atoms with Crippen molar-refractivity contribution >= 4 is 68.0 Å². The van der Waals surface area contributed by atoms with Crippen LogP contribution >= 0.6 is 0 Å². The number of aromatic nitrogens is 2. The van der Waals surface area contributed by atoms with Gasteiger partial charge in [-0.25, -0.2) is 9.37 Å². The molecule has 1 atom stereocenters. The zero-order chi connectivity index (χ0) is 35.4. The van der Waals surface area contributed by atoms with Gasteiger partial charge in [-0.15, -0.1) is 0 Å². The third-order valence-electron chi connectivity index (χ3n) is 10.5. The second-order valence-corrected chi connectivity index (χ2v) is 17.2. The molecular weight excluding hydrogens is 670 g/mol. The van der Waals surface area contributed by atoms with Crippen LogP contribution in [-0.2, 0) is 0 Å². The summed E-state index contributed by atoms with van der Waals surface area (Å²) in [6.07, 6.45) is 2.27. The Bertz CT molecular complexity index is 2730. The van der Waals surface area contributed by atoms with Crippen LogP contribution < -0.4 is 25.6 Å². The molecule has 0 aliphatic carbocycles. The number of pyridine rings is 2. The van der Waals surface area contributed by atoms with Gasteiger partial charge in [0.25, 0.3) is 0 Å². The van der Waals surface area contributed by atoms with Gasteiger partial charge in [0.1, 0.15) is 17.0 Å². The Morgan fingerprint density at radius 2 is 1.23 bits per heavy atom. The van der Waals surface area contributed by atoms with Gasteiger partial charge in [0, 0.05) is 40.1 Å². The molecule has 1 unspecified atom stereocenters. The average molecular weight is 702 g/mol. The summed E-state index contributed by atoms with van der Waals surface area (Å²) in [6.45, 7) is 0. The molecule has 3 aromatic heterocycles. The number of benzene rings is 6. The quantitative estimate of drug-likeness (QED) is 0.162. The number of furan rings is 1. The van der Waals surface area contributed by atoms with Gasteiger partial charge in [0.2, 0.25) is 0 Å². The lowest BCUT2D eigenvalue weighted by Gasteiger charge is -2.44. The summed E-state index contributed by atoms with van der Waals surface area (Å²) in [5.41, 5.74) is 6.36. The molecule has 4 heterocycles. The van der Waals surface area contributed by atoms with Crippen LogP contribution in [0.3, 0.4) is 0 Å². The molecule has 0 spiro atoms. The Balaban J connectivity index is 1.22. The molecule has 0 fully saturated rings. The highest BCUT2D eigenvalue weighted by atomic mass is 28.3. The number of nitrogens with zero attached hydrogens (tertiary/aromatic N) is 3. The molecule has 1 aliphatic heterocycles. The zero-order valence-electron chi connectivity index (χ0n) is 28.6. The van der Waals surface area contributed by atoms with E-state index in [-0.39, 0.29) is 0 Å². The van der Waals surface area contributed by atoms with Crippen LogP contribution in [0.25, 0.3) is 33.2 Å². The number of anilines is 3. The van der Waals surface area contributed by atoms with Crippen LogP contribution in [0.15, 0.2) is 193 Å². The van der Waals surface area contributed by atoms with Crippen LogP contribution in [0.1, 0.15) is 17.3 Å². The Kier molecular flexibility index (Phi) is 7.37. The number of para-hydroxylation sites is 1. The van der Waals surface area contributed by atoms with Crippen LogP contribution in [-0.4, -0.2) is 18.0 Å². The van der Waals surface area contributed by atoms with Crippen molar-refractivity contribution < 1.29 is 8.81 Å². The lowest BCUT2D eigenvalue weighted by Crippen LogP contribution is -2.77. The van der Waals surface area contributed by atoms with Crippen LogP contribution in [0, 0.1) is 0 Å². The second-order valence-electron chi connectivity index (χ2n) is 13.5. The lowest BCUT2D eigenvalue weighted by molar-refractivity contribution is 0.402. The summed E-state index contributed by atoms with van der Waals surface area (Å²) >= 11 is 0. The van der Waals surface area contributed by atoms with Crippen molar-refractivity contribution in [1.29, 1.82) is 0 Å². The number of rotatable bonds is 6. The summed E-state index contributed by atoms with van der Waals surface area (Å²) in [5.74, 6) is 0.844. The molecule has 0 amide bonds. The van der Waals surface area contributed by atoms with E-state index in [1.54, 1.807) is 6.20 Å². The molecule has 252 valence electrons. The van der Waals surface area contributed by atoms with Gasteiger partial charge >= 0.3 is 0 Å². The van der Waals surface area contributed by atoms with Gasteiger partial charge in [-0.2, -0.15) is 0 Å². The monoisotopic (exact) mass is 701 g/mol. The van der Waals surface area contributed by atoms with Gasteiger partial charge in [-0.1, -0.05) is 121 Å². The summed E-state index contributed by atoms with van der Waals surface area (Å²) in [6, 6.07) is 59.9. The molecule has 1 aliphatic rings. The third-order valence-corrected chi connectivity index (χ3v) is 15.3. The minimum Gasteiger partial charge on any atom is -0.456 e. The molecule has 0 saturated carbocycles. The van der Waals surface area contributed by atoms with Gasteiger partial charge < -0.3 is 4.42 Å². The Hall–Kier alpha value is -6.63. The summed E-state index contributed by atoms with van der Waals surface area (Å²) < 4.78 is 23.3. The zero-order valence-corrected chi connectivity index (χ0v) is 29.6. The smallest absolute Gasteiger partial charge is 0.186 e. The van der Waals surface area contributed by atoms with Crippen molar-refractivity contribution in [2.75, 3.05) is 4.90 Å². The van der Waals surface area contributed by atoms with Gasteiger partial charge in [-0.3, -0.25) is 9.88 Å². The highest BCUT2D eigenvalue weighted by Crippen LogP contribution is 2.42. The largest absolute Gasteiger partial charge is 0.456 e. The highest BCUT2D eigenvalue weighted by molar-refractivity contribution is 7.21. The van der Waals surface area contributed by atoms with Gasteiger partial charge in [0.15, 0.2) is 14.2 Å². The normalized spacial score (nSPS) is 13.8. The first-order chi connectivity index (χ1) is 26.2. The second kappa shape index (κ2) is 12.5. The van der Waals surface area contributed by atoms with E-state index in [0.29, 0.717) is 11.1 Å². The number of alkyl halides is 1. The van der Waals surface area contributed by atoms with E-state index >= 15 is 4.39 Å². The first-order valence-electron chi connectivity index (χ1n) is 17.8. The molecule has 0 saturated heterocycles. The minimum absolute atomic E-state index is 0.565. The fraction of sp³-hybridized carbons (Fsp3) is 0.0213. The SMILES string of the molecule is FC(c1cccc(-c2ccccn2)c1)c1cccc(N2c3cc4c(cc3[Si](c3ccccc3)(c3ccccc3)c3cccnc32)oc2ccccc24)c1. The predicted octanol–water partition coefficient (Wildman–Crippen LogP) is 9.26. The number of fused-ring (bicyclic) bond motifs is 5. The van der Waals surface area contributed by atoms with Crippen LogP contribution in [0.4, 0.5) is 21.6 Å². The Labute approximate surface area is 307 Å². The van der Waals surface area contributed by atoms with E-state index in [1.165, 1.54) is 15.6 Å². The lowest BCUT2D eigenvalue weighted by atomic mass is 9.99. The average Bonchev–Trinajstić information content (AvgIpc) is 3.60. The van der Waals surface area contributed by atoms with E-state index < -0.39 is 14.2 Å². The fourth-order valence-electron chi connectivity index (χ4n) is 8.20. The van der Waals surface area contributed by atoms with Crippen LogP contribution in [0.5, 0.6) is 0 Å². The highest BCUT2D eigenvalue weighted by Gasteiger charge is 2.50. The van der Waals surface area contributed by atoms with E-state index in [0.717, 1.165) is 55.6 Å². The van der Waals surface area contributed by atoms with Crippen molar-refractivity contribution in [3.05, 3.63) is 199 Å². The number of hydrogen-bond acceptors (Lipinski definition) is 4. The maximum absolute atomic E-state index is 16.7. The van der Waals surface area contributed by atoms with Crippen molar-refractivity contribution in [1.82, 2.24) is 9.97 Å². The first-order valence-corrected chi connectivity index (χ1v) is 19.8. The third kappa shape index (κ3) is 4.94. The molecule has 4 nitrogen and oxygen atoms in total. The predicted molar refractivity (Wildman–Crippen MR) is 216 cm³/mol. The Morgan fingerprint density at radius 1 is 0.528 bits per heavy atom. The first kappa shape index (κ1) is 31.1. The molecule has 0 radical (unpaired) electrons. The van der Waals surface area contributed by atoms with E-state index in [2.05, 4.69) is 101 Å². The molecular formula is C47H32FN3OSi. The van der Waals surface area contributed by atoms with Crippen molar-refractivity contribution in [2.24, 2.45) is 0 Å². The summed E-state index contributed by atoms with van der Waals surface area (Å²) in [5, 5.41) is 6.93. The number of hydrogen-bond donors (Lipinski definition) is 0. The molecule has 0 N–H and O–H groups in total. The van der Waals surface area contributed by atoms with Crippen molar-refractivity contribution in [2.45, 2.75) is 6.17 Å². The standard InChI is InChI=1S/C47H32FN3OSi/c48-46(33-15-11-14-32(28-33)40-23-9-10-26-49-40)34-16-12-17-35(29-34)51-41-30-39-38-22-7-8-24-42(38)52-43(39)31-45(41)53(36-18-3-1-4-19-36,37-20-5-2-6-21-37)44-25-13-27-50-47(44)51/h1-31,46H. The molecule has 6 heteroatoms. The topological polar surface area (TPSA) is 42.2 Å². The number of halogens is 1. The van der Waals surface area contributed by atoms with E-state index in [9.17, 15) is 0 Å². The fourth-order valence-corrected chi connectivity index (χ4v) is 13.2.